The van der Waals surface area contributed by atoms with Crippen LogP contribution in [0.4, 0.5) is 0 Å². The summed E-state index contributed by atoms with van der Waals surface area (Å²) < 4.78 is 1.78. The van der Waals surface area contributed by atoms with Crippen molar-refractivity contribution < 1.29 is 0 Å². The highest BCUT2D eigenvalue weighted by Gasteiger charge is 2.10. The maximum Gasteiger partial charge on any atom is 0.258 e. The van der Waals surface area contributed by atoms with Crippen LogP contribution in [0, 0.1) is 0 Å². The van der Waals surface area contributed by atoms with Gasteiger partial charge in [-0.1, -0.05) is 72.3 Å². The van der Waals surface area contributed by atoms with Crippen molar-refractivity contribution in [3.8, 4) is 11.1 Å². The van der Waals surface area contributed by atoms with Gasteiger partial charge in [0.25, 0.3) is 5.56 Å². The number of nitrogens with zero attached hydrogens (tertiary/aromatic N) is 1. The third-order valence-electron chi connectivity index (χ3n) is 4.34. The SMILES string of the molecule is O=c1c2ccccc2c(-c2ccc(Cl)cc2)cn1Cc1ccccc1. The fourth-order valence-corrected chi connectivity index (χ4v) is 3.23. The first kappa shape index (κ1) is 15.7. The van der Waals surface area contributed by atoms with Crippen molar-refractivity contribution in [2.24, 2.45) is 0 Å². The van der Waals surface area contributed by atoms with Gasteiger partial charge in [0.1, 0.15) is 0 Å². The summed E-state index contributed by atoms with van der Waals surface area (Å²) in [6, 6.07) is 25.5. The number of hydrogen-bond acceptors (Lipinski definition) is 1. The van der Waals surface area contributed by atoms with Gasteiger partial charge in [0.2, 0.25) is 0 Å². The van der Waals surface area contributed by atoms with Crippen molar-refractivity contribution in [1.29, 1.82) is 0 Å². The van der Waals surface area contributed by atoms with Gasteiger partial charge in [0.05, 0.1) is 6.54 Å². The molecule has 25 heavy (non-hydrogen) atoms. The Morgan fingerprint density at radius 3 is 2.12 bits per heavy atom. The summed E-state index contributed by atoms with van der Waals surface area (Å²) in [6.45, 7) is 0.547. The minimum absolute atomic E-state index is 0.0252. The molecule has 4 aromatic rings. The first-order valence-electron chi connectivity index (χ1n) is 8.14. The zero-order valence-corrected chi connectivity index (χ0v) is 14.3. The molecular weight excluding hydrogens is 330 g/mol. The predicted molar refractivity (Wildman–Crippen MR) is 104 cm³/mol. The number of aromatic nitrogens is 1. The molecule has 122 valence electrons. The molecule has 4 rings (SSSR count). The largest absolute Gasteiger partial charge is 0.310 e. The molecule has 3 heteroatoms. The Kier molecular flexibility index (Phi) is 4.12. The third-order valence-corrected chi connectivity index (χ3v) is 4.60. The quantitative estimate of drug-likeness (QED) is 0.489. The van der Waals surface area contributed by atoms with Crippen molar-refractivity contribution >= 4 is 22.4 Å². The lowest BCUT2D eigenvalue weighted by molar-refractivity contribution is 0.769. The van der Waals surface area contributed by atoms with Crippen molar-refractivity contribution in [3.05, 3.63) is 106 Å². The highest BCUT2D eigenvalue weighted by molar-refractivity contribution is 6.30. The highest BCUT2D eigenvalue weighted by atomic mass is 35.5. The maximum absolute atomic E-state index is 12.9. The van der Waals surface area contributed by atoms with Gasteiger partial charge in [-0.05, 0) is 34.7 Å². The molecule has 0 aliphatic heterocycles. The van der Waals surface area contributed by atoms with Crippen LogP contribution in [0.1, 0.15) is 5.56 Å². The van der Waals surface area contributed by atoms with E-state index in [0.717, 1.165) is 27.5 Å². The summed E-state index contributed by atoms with van der Waals surface area (Å²) in [4.78, 5) is 12.9. The van der Waals surface area contributed by atoms with E-state index in [9.17, 15) is 4.79 Å². The van der Waals surface area contributed by atoms with Gasteiger partial charge in [-0.3, -0.25) is 4.79 Å². The number of halogens is 1. The van der Waals surface area contributed by atoms with E-state index in [1.165, 1.54) is 0 Å². The number of pyridine rings is 1. The summed E-state index contributed by atoms with van der Waals surface area (Å²) in [5.74, 6) is 0. The predicted octanol–water partition coefficient (Wildman–Crippen LogP) is 5.37. The monoisotopic (exact) mass is 345 g/mol. The number of benzene rings is 3. The smallest absolute Gasteiger partial charge is 0.258 e. The Labute approximate surface area is 150 Å². The topological polar surface area (TPSA) is 22.0 Å². The van der Waals surface area contributed by atoms with Crippen LogP contribution in [0.15, 0.2) is 89.9 Å². The van der Waals surface area contributed by atoms with E-state index in [4.69, 9.17) is 11.6 Å². The van der Waals surface area contributed by atoms with Gasteiger partial charge in [-0.15, -0.1) is 0 Å². The van der Waals surface area contributed by atoms with Crippen LogP contribution in [0.25, 0.3) is 21.9 Å². The third kappa shape index (κ3) is 3.09. The summed E-state index contributed by atoms with van der Waals surface area (Å²) >= 11 is 6.03. The van der Waals surface area contributed by atoms with Gasteiger partial charge >= 0.3 is 0 Å². The fraction of sp³-hybridized carbons (Fsp3) is 0.0455. The van der Waals surface area contributed by atoms with Gasteiger partial charge in [0.15, 0.2) is 0 Å². The number of fused-ring (bicyclic) bond motifs is 1. The van der Waals surface area contributed by atoms with Crippen LogP contribution < -0.4 is 5.56 Å². The zero-order chi connectivity index (χ0) is 17.2. The minimum Gasteiger partial charge on any atom is -0.310 e. The Morgan fingerprint density at radius 2 is 1.40 bits per heavy atom. The summed E-state index contributed by atoms with van der Waals surface area (Å²) in [5.41, 5.74) is 3.20. The molecule has 2 nitrogen and oxygen atoms in total. The van der Waals surface area contributed by atoms with Gasteiger partial charge in [-0.2, -0.15) is 0 Å². The Hall–Kier alpha value is -2.84. The Balaban J connectivity index is 1.94. The van der Waals surface area contributed by atoms with Crippen LogP contribution in [-0.2, 0) is 6.54 Å². The molecule has 0 aliphatic carbocycles. The molecule has 0 unspecified atom stereocenters. The van der Waals surface area contributed by atoms with Crippen molar-refractivity contribution in [2.75, 3.05) is 0 Å². The standard InChI is InChI=1S/C22H16ClNO/c23-18-12-10-17(11-13-18)21-15-24(14-16-6-2-1-3-7-16)22(25)20-9-5-4-8-19(20)21/h1-13,15H,14H2. The van der Waals surface area contributed by atoms with Crippen LogP contribution in [0.5, 0.6) is 0 Å². The number of hydrogen-bond donors (Lipinski definition) is 0. The van der Waals surface area contributed by atoms with Crippen LogP contribution in [0.3, 0.4) is 0 Å². The highest BCUT2D eigenvalue weighted by Crippen LogP contribution is 2.28. The van der Waals surface area contributed by atoms with Crippen molar-refractivity contribution in [1.82, 2.24) is 4.57 Å². The molecule has 0 N–H and O–H groups in total. The Bertz CT molecular complexity index is 1080. The average molecular weight is 346 g/mol. The first-order valence-corrected chi connectivity index (χ1v) is 8.52. The molecule has 1 heterocycles. The average Bonchev–Trinajstić information content (AvgIpc) is 2.66. The van der Waals surface area contributed by atoms with Crippen molar-refractivity contribution in [3.63, 3.8) is 0 Å². The normalized spacial score (nSPS) is 10.9. The molecule has 0 amide bonds. The van der Waals surface area contributed by atoms with Gasteiger partial charge in [-0.25, -0.2) is 0 Å². The summed E-state index contributed by atoms with van der Waals surface area (Å²) in [6.07, 6.45) is 1.95. The van der Waals surface area contributed by atoms with Crippen molar-refractivity contribution in [2.45, 2.75) is 6.54 Å². The van der Waals surface area contributed by atoms with Crippen LogP contribution in [-0.4, -0.2) is 4.57 Å². The molecule has 0 aliphatic rings. The molecular formula is C22H16ClNO. The van der Waals surface area contributed by atoms with Crippen LogP contribution >= 0.6 is 11.6 Å². The maximum atomic E-state index is 12.9. The molecule has 0 atom stereocenters. The lowest BCUT2D eigenvalue weighted by Crippen LogP contribution is -2.20. The van der Waals surface area contributed by atoms with E-state index in [0.29, 0.717) is 11.6 Å². The minimum atomic E-state index is 0.0252. The Morgan fingerprint density at radius 1 is 0.760 bits per heavy atom. The van der Waals surface area contributed by atoms with E-state index < -0.39 is 0 Å². The molecule has 0 radical (unpaired) electrons. The first-order chi connectivity index (χ1) is 12.2. The zero-order valence-electron chi connectivity index (χ0n) is 13.5. The van der Waals surface area contributed by atoms with E-state index >= 15 is 0 Å². The molecule has 0 fully saturated rings. The van der Waals surface area contributed by atoms with Gasteiger partial charge in [0, 0.05) is 22.2 Å². The fourth-order valence-electron chi connectivity index (χ4n) is 3.10. The van der Waals surface area contributed by atoms with E-state index in [1.54, 1.807) is 4.57 Å². The summed E-state index contributed by atoms with van der Waals surface area (Å²) in [5, 5.41) is 2.38. The molecule has 0 bridgehead atoms. The van der Waals surface area contributed by atoms with E-state index in [2.05, 4.69) is 0 Å². The molecule has 0 saturated heterocycles. The molecule has 3 aromatic carbocycles. The number of rotatable bonds is 3. The van der Waals surface area contributed by atoms with Gasteiger partial charge < -0.3 is 4.57 Å². The van der Waals surface area contributed by atoms with Crippen LogP contribution in [0.2, 0.25) is 5.02 Å². The second kappa shape index (κ2) is 6.58. The lowest BCUT2D eigenvalue weighted by atomic mass is 10.0. The van der Waals surface area contributed by atoms with E-state index in [-0.39, 0.29) is 5.56 Å². The molecule has 0 saturated carbocycles. The second-order valence-electron chi connectivity index (χ2n) is 6.01. The second-order valence-corrected chi connectivity index (χ2v) is 6.45. The summed E-state index contributed by atoms with van der Waals surface area (Å²) in [7, 11) is 0. The lowest BCUT2D eigenvalue weighted by Gasteiger charge is -2.13. The molecule has 1 aromatic heterocycles. The molecule has 0 spiro atoms. The van der Waals surface area contributed by atoms with E-state index in [1.807, 2.05) is 85.1 Å².